The Kier molecular flexibility index (Phi) is 5.57. The number of rotatable bonds is 8. The molecule has 3 rings (SSSR count). The highest BCUT2D eigenvalue weighted by Crippen LogP contribution is 2.32. The number of carbonyl (C=O) groups excluding carboxylic acids is 1. The van der Waals surface area contributed by atoms with Crippen LogP contribution in [0.3, 0.4) is 0 Å². The topological polar surface area (TPSA) is 76.1 Å². The van der Waals surface area contributed by atoms with E-state index >= 15 is 0 Å². The first kappa shape index (κ1) is 17.0. The number of aromatic nitrogens is 2. The highest BCUT2D eigenvalue weighted by Gasteiger charge is 2.23. The van der Waals surface area contributed by atoms with Gasteiger partial charge in [0, 0.05) is 12.6 Å². The molecule has 1 aliphatic rings. The Morgan fingerprint density at radius 3 is 2.79 bits per heavy atom. The molecule has 2 aromatic rings. The fourth-order valence-electron chi connectivity index (χ4n) is 2.00. The lowest BCUT2D eigenvalue weighted by Gasteiger charge is -2.10. The predicted octanol–water partition coefficient (Wildman–Crippen LogP) is 2.92. The summed E-state index contributed by atoms with van der Waals surface area (Å²) >= 11 is 2.94. The Morgan fingerprint density at radius 1 is 1.38 bits per heavy atom. The number of thioether (sulfide) groups is 1. The average Bonchev–Trinajstić information content (AvgIpc) is 3.31. The van der Waals surface area contributed by atoms with Crippen LogP contribution in [0.25, 0.3) is 0 Å². The van der Waals surface area contributed by atoms with Gasteiger partial charge in [-0.15, -0.1) is 10.2 Å². The summed E-state index contributed by atoms with van der Waals surface area (Å²) in [7, 11) is 1.63. The largest absolute Gasteiger partial charge is 0.497 e. The zero-order chi connectivity index (χ0) is 16.9. The van der Waals surface area contributed by atoms with Crippen molar-refractivity contribution in [3.05, 3.63) is 29.8 Å². The van der Waals surface area contributed by atoms with Crippen LogP contribution in [0, 0.1) is 0 Å². The number of amides is 1. The van der Waals surface area contributed by atoms with Crippen LogP contribution in [-0.2, 0) is 11.3 Å². The second-order valence-electron chi connectivity index (χ2n) is 5.62. The smallest absolute Gasteiger partial charge is 0.233 e. The second kappa shape index (κ2) is 7.85. The minimum absolute atomic E-state index is 0.0114. The van der Waals surface area contributed by atoms with Crippen molar-refractivity contribution in [2.24, 2.45) is 0 Å². The van der Waals surface area contributed by atoms with E-state index in [2.05, 4.69) is 20.8 Å². The maximum Gasteiger partial charge on any atom is 0.233 e. The molecule has 1 saturated carbocycles. The van der Waals surface area contributed by atoms with E-state index in [9.17, 15) is 4.79 Å². The summed E-state index contributed by atoms with van der Waals surface area (Å²) in [5.41, 5.74) is 1.04. The van der Waals surface area contributed by atoms with Gasteiger partial charge in [-0.25, -0.2) is 0 Å². The number of anilines is 1. The average molecular weight is 364 g/mol. The maximum atomic E-state index is 12.2. The van der Waals surface area contributed by atoms with Gasteiger partial charge in [0.05, 0.1) is 12.4 Å². The molecule has 2 N–H and O–H groups in total. The molecule has 1 aromatic carbocycles. The summed E-state index contributed by atoms with van der Waals surface area (Å²) in [6, 6.07) is 8.21. The summed E-state index contributed by atoms with van der Waals surface area (Å²) in [6.45, 7) is 2.38. The Labute approximate surface area is 149 Å². The van der Waals surface area contributed by atoms with E-state index in [4.69, 9.17) is 4.74 Å². The Balaban J connectivity index is 1.45. The molecule has 1 amide bonds. The van der Waals surface area contributed by atoms with Crippen molar-refractivity contribution >= 4 is 34.1 Å². The van der Waals surface area contributed by atoms with Crippen molar-refractivity contribution in [2.45, 2.75) is 41.9 Å². The van der Waals surface area contributed by atoms with Gasteiger partial charge in [0.1, 0.15) is 5.75 Å². The lowest BCUT2D eigenvalue weighted by molar-refractivity contribution is -0.120. The highest BCUT2D eigenvalue weighted by atomic mass is 32.2. The van der Waals surface area contributed by atoms with Crippen molar-refractivity contribution in [3.8, 4) is 5.75 Å². The molecule has 0 spiro atoms. The van der Waals surface area contributed by atoms with E-state index in [0.717, 1.165) is 20.8 Å². The third-order valence-electron chi connectivity index (χ3n) is 3.58. The van der Waals surface area contributed by atoms with Gasteiger partial charge in [-0.3, -0.25) is 4.79 Å². The quantitative estimate of drug-likeness (QED) is 0.702. The predicted molar refractivity (Wildman–Crippen MR) is 96.7 cm³/mol. The van der Waals surface area contributed by atoms with Gasteiger partial charge in [-0.05, 0) is 37.5 Å². The first-order chi connectivity index (χ1) is 11.6. The molecular weight excluding hydrogens is 344 g/mol. The van der Waals surface area contributed by atoms with Crippen molar-refractivity contribution < 1.29 is 9.53 Å². The monoisotopic (exact) mass is 364 g/mol. The third-order valence-corrected chi connectivity index (χ3v) is 5.62. The maximum absolute atomic E-state index is 12.2. The van der Waals surface area contributed by atoms with Gasteiger partial charge in [0.25, 0.3) is 0 Å². The van der Waals surface area contributed by atoms with E-state index < -0.39 is 0 Å². The molecule has 1 aliphatic carbocycles. The number of hydrogen-bond donors (Lipinski definition) is 2. The van der Waals surface area contributed by atoms with Gasteiger partial charge in [-0.2, -0.15) is 0 Å². The van der Waals surface area contributed by atoms with Crippen LogP contribution >= 0.6 is 23.1 Å². The SMILES string of the molecule is COc1ccc(CNC(=O)C(C)Sc2nnc(NC3CC3)s2)cc1. The molecule has 1 aromatic heterocycles. The number of carbonyl (C=O) groups is 1. The molecule has 0 bridgehead atoms. The third kappa shape index (κ3) is 4.85. The zero-order valence-corrected chi connectivity index (χ0v) is 15.2. The van der Waals surface area contributed by atoms with Crippen LogP contribution in [0.5, 0.6) is 5.75 Å². The Hall–Kier alpha value is -1.80. The lowest BCUT2D eigenvalue weighted by Crippen LogP contribution is -2.30. The van der Waals surface area contributed by atoms with Crippen LogP contribution in [-0.4, -0.2) is 34.5 Å². The first-order valence-electron chi connectivity index (χ1n) is 7.81. The van der Waals surface area contributed by atoms with Gasteiger partial charge in [0.2, 0.25) is 11.0 Å². The summed E-state index contributed by atoms with van der Waals surface area (Å²) in [5.74, 6) is 0.795. The number of methoxy groups -OCH3 is 1. The van der Waals surface area contributed by atoms with Crippen LogP contribution in [0.2, 0.25) is 0 Å². The fourth-order valence-corrected chi connectivity index (χ4v) is 4.00. The molecule has 0 radical (unpaired) electrons. The summed E-state index contributed by atoms with van der Waals surface area (Å²) < 4.78 is 5.93. The summed E-state index contributed by atoms with van der Waals surface area (Å²) in [4.78, 5) is 12.2. The van der Waals surface area contributed by atoms with E-state index in [1.54, 1.807) is 7.11 Å². The summed E-state index contributed by atoms with van der Waals surface area (Å²) in [5, 5.41) is 15.1. The zero-order valence-electron chi connectivity index (χ0n) is 13.6. The number of benzene rings is 1. The standard InChI is InChI=1S/C16H20N4O2S2/c1-10(23-16-20-19-15(24-16)18-12-5-6-12)14(21)17-9-11-3-7-13(22-2)8-4-11/h3-4,7-8,10,12H,5-6,9H2,1-2H3,(H,17,21)(H,18,19). The number of nitrogens with one attached hydrogen (secondary N) is 2. The minimum Gasteiger partial charge on any atom is -0.497 e. The minimum atomic E-state index is -0.218. The van der Waals surface area contributed by atoms with Crippen molar-refractivity contribution in [1.82, 2.24) is 15.5 Å². The highest BCUT2D eigenvalue weighted by molar-refractivity contribution is 8.02. The molecule has 1 fully saturated rings. The molecule has 24 heavy (non-hydrogen) atoms. The van der Waals surface area contributed by atoms with E-state index in [0.29, 0.717) is 12.6 Å². The van der Waals surface area contributed by atoms with E-state index in [-0.39, 0.29) is 11.2 Å². The molecule has 128 valence electrons. The van der Waals surface area contributed by atoms with Crippen molar-refractivity contribution in [2.75, 3.05) is 12.4 Å². The number of nitrogens with zero attached hydrogens (tertiary/aromatic N) is 2. The molecule has 0 saturated heterocycles. The van der Waals surface area contributed by atoms with Gasteiger partial charge < -0.3 is 15.4 Å². The molecular formula is C16H20N4O2S2. The normalized spacial score (nSPS) is 14.9. The number of ether oxygens (including phenoxy) is 1. The van der Waals surface area contributed by atoms with Crippen LogP contribution in [0.4, 0.5) is 5.13 Å². The number of hydrogen-bond acceptors (Lipinski definition) is 7. The van der Waals surface area contributed by atoms with Gasteiger partial charge in [0.15, 0.2) is 4.34 Å². The summed E-state index contributed by atoms with van der Waals surface area (Å²) in [6.07, 6.45) is 2.40. The molecule has 1 atom stereocenters. The Morgan fingerprint density at radius 2 is 2.12 bits per heavy atom. The first-order valence-corrected chi connectivity index (χ1v) is 9.51. The van der Waals surface area contributed by atoms with E-state index in [1.807, 2.05) is 31.2 Å². The second-order valence-corrected chi connectivity index (χ2v) is 8.18. The van der Waals surface area contributed by atoms with Crippen molar-refractivity contribution in [1.29, 1.82) is 0 Å². The molecule has 0 aliphatic heterocycles. The molecule has 1 unspecified atom stereocenters. The Bertz CT molecular complexity index is 686. The fraction of sp³-hybridized carbons (Fsp3) is 0.438. The van der Waals surface area contributed by atoms with Gasteiger partial charge in [-0.1, -0.05) is 35.2 Å². The van der Waals surface area contributed by atoms with E-state index in [1.165, 1.54) is 35.9 Å². The molecule has 1 heterocycles. The van der Waals surface area contributed by atoms with Crippen molar-refractivity contribution in [3.63, 3.8) is 0 Å². The molecule has 6 nitrogen and oxygen atoms in total. The van der Waals surface area contributed by atoms with Crippen LogP contribution in [0.1, 0.15) is 25.3 Å². The molecule has 8 heteroatoms. The van der Waals surface area contributed by atoms with Crippen LogP contribution in [0.15, 0.2) is 28.6 Å². The lowest BCUT2D eigenvalue weighted by atomic mass is 10.2. The van der Waals surface area contributed by atoms with Gasteiger partial charge >= 0.3 is 0 Å². The van der Waals surface area contributed by atoms with Crippen LogP contribution < -0.4 is 15.4 Å².